The quantitative estimate of drug-likeness (QED) is 0.904. The minimum Gasteiger partial charge on any atom is -0.478 e. The molecule has 0 aliphatic heterocycles. The number of halogens is 1. The first-order chi connectivity index (χ1) is 9.81. The number of para-hydroxylation sites is 1. The zero-order valence-corrected chi connectivity index (χ0v) is 12.6. The Kier molecular flexibility index (Phi) is 4.20. The van der Waals surface area contributed by atoms with Gasteiger partial charge in [0.15, 0.2) is 0 Å². The summed E-state index contributed by atoms with van der Waals surface area (Å²) in [6.45, 7) is 1.59. The van der Waals surface area contributed by atoms with E-state index in [1.54, 1.807) is 25.1 Å². The highest BCUT2D eigenvalue weighted by atomic mass is 35.5. The first kappa shape index (κ1) is 15.3. The van der Waals surface area contributed by atoms with Gasteiger partial charge in [-0.05, 0) is 36.8 Å². The normalized spacial score (nSPS) is 11.1. The molecule has 2 rings (SSSR count). The number of aryl methyl sites for hydroxylation is 1. The van der Waals surface area contributed by atoms with E-state index in [-0.39, 0.29) is 21.2 Å². The highest BCUT2D eigenvalue weighted by Gasteiger charge is 2.20. The van der Waals surface area contributed by atoms with Crippen LogP contribution >= 0.6 is 11.6 Å². The Morgan fingerprint density at radius 3 is 2.48 bits per heavy atom. The molecule has 0 aromatic heterocycles. The van der Waals surface area contributed by atoms with Crippen LogP contribution in [0.5, 0.6) is 0 Å². The molecule has 0 aliphatic rings. The Bertz CT molecular complexity index is 802. The summed E-state index contributed by atoms with van der Waals surface area (Å²) in [5, 5.41) is 9.22. The summed E-state index contributed by atoms with van der Waals surface area (Å²) in [4.78, 5) is 10.9. The maximum absolute atomic E-state index is 12.4. The number of carboxylic acids is 1. The van der Waals surface area contributed by atoms with Gasteiger partial charge in [0.2, 0.25) is 0 Å². The lowest BCUT2D eigenvalue weighted by molar-refractivity contribution is 0.0696. The molecule has 0 radical (unpaired) electrons. The van der Waals surface area contributed by atoms with Gasteiger partial charge in [-0.2, -0.15) is 0 Å². The second-order valence-electron chi connectivity index (χ2n) is 4.37. The molecule has 0 saturated heterocycles. The molecule has 0 bridgehead atoms. The van der Waals surface area contributed by atoms with Crippen LogP contribution in [0.15, 0.2) is 47.4 Å². The van der Waals surface area contributed by atoms with Crippen molar-refractivity contribution in [3.05, 3.63) is 58.6 Å². The van der Waals surface area contributed by atoms with Crippen molar-refractivity contribution in [2.75, 3.05) is 4.72 Å². The second-order valence-corrected chi connectivity index (χ2v) is 6.43. The van der Waals surface area contributed by atoms with Crippen molar-refractivity contribution in [1.82, 2.24) is 0 Å². The molecule has 0 unspecified atom stereocenters. The highest BCUT2D eigenvalue weighted by Crippen LogP contribution is 2.25. The molecule has 7 heteroatoms. The fourth-order valence-electron chi connectivity index (χ4n) is 1.77. The highest BCUT2D eigenvalue weighted by molar-refractivity contribution is 7.92. The van der Waals surface area contributed by atoms with E-state index in [2.05, 4.69) is 4.72 Å². The number of carbonyl (C=O) groups is 1. The lowest BCUT2D eigenvalue weighted by Crippen LogP contribution is -2.15. The Labute approximate surface area is 127 Å². The first-order valence-corrected chi connectivity index (χ1v) is 7.78. The minimum absolute atomic E-state index is 0.0951. The van der Waals surface area contributed by atoms with Crippen LogP contribution in [0.4, 0.5) is 5.69 Å². The molecule has 2 aromatic carbocycles. The van der Waals surface area contributed by atoms with Crippen LogP contribution in [0.25, 0.3) is 0 Å². The van der Waals surface area contributed by atoms with Gasteiger partial charge in [0, 0.05) is 0 Å². The van der Waals surface area contributed by atoms with Crippen molar-refractivity contribution < 1.29 is 18.3 Å². The average Bonchev–Trinajstić information content (AvgIpc) is 2.41. The molecule has 2 aromatic rings. The van der Waals surface area contributed by atoms with Crippen LogP contribution in [0.1, 0.15) is 15.9 Å². The predicted octanol–water partition coefficient (Wildman–Crippen LogP) is 3.15. The monoisotopic (exact) mass is 325 g/mol. The largest absolute Gasteiger partial charge is 0.478 e. The van der Waals surface area contributed by atoms with Gasteiger partial charge in [-0.3, -0.25) is 4.72 Å². The molecule has 0 heterocycles. The van der Waals surface area contributed by atoms with Crippen LogP contribution in [-0.4, -0.2) is 19.5 Å². The predicted molar refractivity (Wildman–Crippen MR) is 80.4 cm³/mol. The van der Waals surface area contributed by atoms with Gasteiger partial charge in [-0.15, -0.1) is 0 Å². The van der Waals surface area contributed by atoms with Crippen LogP contribution in [0.2, 0.25) is 5.02 Å². The number of benzene rings is 2. The molecule has 0 atom stereocenters. The molecular formula is C14H12ClNO4S. The van der Waals surface area contributed by atoms with Gasteiger partial charge in [0.25, 0.3) is 10.0 Å². The number of aromatic carboxylic acids is 1. The van der Waals surface area contributed by atoms with Crippen LogP contribution in [-0.2, 0) is 10.0 Å². The number of rotatable bonds is 4. The van der Waals surface area contributed by atoms with E-state index in [1.165, 1.54) is 18.2 Å². The third-order valence-corrected chi connectivity index (χ3v) is 4.68. The van der Waals surface area contributed by atoms with Crippen molar-refractivity contribution in [3.63, 3.8) is 0 Å². The molecule has 0 aliphatic carbocycles. The van der Waals surface area contributed by atoms with E-state index >= 15 is 0 Å². The topological polar surface area (TPSA) is 83.5 Å². The van der Waals surface area contributed by atoms with Crippen molar-refractivity contribution in [2.45, 2.75) is 11.8 Å². The molecule has 21 heavy (non-hydrogen) atoms. The number of anilines is 1. The second kappa shape index (κ2) is 5.75. The van der Waals surface area contributed by atoms with Crippen molar-refractivity contribution in [1.29, 1.82) is 0 Å². The van der Waals surface area contributed by atoms with Gasteiger partial charge >= 0.3 is 5.97 Å². The summed E-state index contributed by atoms with van der Waals surface area (Å²) in [5.74, 6) is -1.19. The van der Waals surface area contributed by atoms with Gasteiger partial charge in [0.1, 0.15) is 0 Å². The summed E-state index contributed by atoms with van der Waals surface area (Å²) < 4.78 is 27.1. The molecule has 5 nitrogen and oxygen atoms in total. The molecule has 0 spiro atoms. The molecule has 0 saturated carbocycles. The molecule has 0 fully saturated rings. The summed E-state index contributed by atoms with van der Waals surface area (Å²) in [6, 6.07) is 10.3. The van der Waals surface area contributed by atoms with Gasteiger partial charge in [0.05, 0.1) is 21.2 Å². The Morgan fingerprint density at radius 1 is 1.19 bits per heavy atom. The fourth-order valence-corrected chi connectivity index (χ4v) is 3.36. The summed E-state index contributed by atoms with van der Waals surface area (Å²) in [6.07, 6.45) is 0. The Balaban J connectivity index is 2.47. The number of hydrogen-bond donors (Lipinski definition) is 2. The third kappa shape index (κ3) is 3.34. The van der Waals surface area contributed by atoms with Gasteiger partial charge in [-0.25, -0.2) is 13.2 Å². The smallest absolute Gasteiger partial charge is 0.335 e. The van der Waals surface area contributed by atoms with Crippen LogP contribution in [0, 0.1) is 6.92 Å². The molecule has 0 amide bonds. The lowest BCUT2D eigenvalue weighted by atomic mass is 10.1. The van der Waals surface area contributed by atoms with E-state index in [0.717, 1.165) is 6.07 Å². The lowest BCUT2D eigenvalue weighted by Gasteiger charge is -2.12. The summed E-state index contributed by atoms with van der Waals surface area (Å²) >= 11 is 5.92. The first-order valence-electron chi connectivity index (χ1n) is 5.92. The van der Waals surface area contributed by atoms with E-state index in [1.807, 2.05) is 0 Å². The summed E-state index contributed by atoms with van der Waals surface area (Å²) in [5.41, 5.74) is 0.582. The number of sulfonamides is 1. The fraction of sp³-hybridized carbons (Fsp3) is 0.0714. The average molecular weight is 326 g/mol. The standard InChI is InChI=1S/C14H12ClNO4S/c1-9-6-7-10(14(17)18)8-13(9)21(19,20)16-12-5-3-2-4-11(12)15/h2-8,16H,1H3,(H,17,18). The number of hydrogen-bond acceptors (Lipinski definition) is 3. The van der Waals surface area contributed by atoms with Crippen molar-refractivity contribution in [2.24, 2.45) is 0 Å². The Morgan fingerprint density at radius 2 is 1.86 bits per heavy atom. The van der Waals surface area contributed by atoms with Crippen LogP contribution < -0.4 is 4.72 Å². The minimum atomic E-state index is -3.92. The zero-order chi connectivity index (χ0) is 15.6. The van der Waals surface area contributed by atoms with E-state index in [9.17, 15) is 13.2 Å². The summed E-state index contributed by atoms with van der Waals surface area (Å²) in [7, 11) is -3.92. The van der Waals surface area contributed by atoms with Crippen molar-refractivity contribution in [3.8, 4) is 0 Å². The number of nitrogens with one attached hydrogen (secondary N) is 1. The van der Waals surface area contributed by atoms with E-state index in [4.69, 9.17) is 16.7 Å². The van der Waals surface area contributed by atoms with Gasteiger partial charge < -0.3 is 5.11 Å². The van der Waals surface area contributed by atoms with Crippen LogP contribution in [0.3, 0.4) is 0 Å². The van der Waals surface area contributed by atoms with Gasteiger partial charge in [-0.1, -0.05) is 29.8 Å². The Hall–Kier alpha value is -2.05. The third-order valence-electron chi connectivity index (χ3n) is 2.84. The SMILES string of the molecule is Cc1ccc(C(=O)O)cc1S(=O)(=O)Nc1ccccc1Cl. The van der Waals surface area contributed by atoms with E-state index in [0.29, 0.717) is 5.56 Å². The van der Waals surface area contributed by atoms with Crippen molar-refractivity contribution >= 4 is 33.3 Å². The molecule has 110 valence electrons. The van der Waals surface area contributed by atoms with E-state index < -0.39 is 16.0 Å². The maximum Gasteiger partial charge on any atom is 0.335 e. The zero-order valence-electron chi connectivity index (χ0n) is 11.0. The maximum atomic E-state index is 12.4. The molecular weight excluding hydrogens is 314 g/mol. The molecule has 2 N–H and O–H groups in total. The number of carboxylic acid groups (broad SMARTS) is 1.